The van der Waals surface area contributed by atoms with Crippen LogP contribution in [-0.2, 0) is 21.3 Å². The molecular formula is C11H18N2O5S. The molecule has 108 valence electrons. The number of aromatic nitrogens is 1. The number of hydrogen-bond donors (Lipinski definition) is 2. The molecule has 1 rings (SSSR count). The van der Waals surface area contributed by atoms with Crippen LogP contribution in [0.3, 0.4) is 0 Å². The molecule has 0 aliphatic carbocycles. The average molecular weight is 290 g/mol. The van der Waals surface area contributed by atoms with Crippen molar-refractivity contribution in [3.8, 4) is 0 Å². The number of sulfonamides is 1. The van der Waals surface area contributed by atoms with Crippen molar-refractivity contribution >= 4 is 16.0 Å². The Kier molecular flexibility index (Phi) is 5.52. The van der Waals surface area contributed by atoms with Crippen molar-refractivity contribution in [1.29, 1.82) is 0 Å². The van der Waals surface area contributed by atoms with E-state index in [0.717, 1.165) is 6.07 Å². The summed E-state index contributed by atoms with van der Waals surface area (Å²) in [6, 6.07) is 1.16. The van der Waals surface area contributed by atoms with Gasteiger partial charge >= 0.3 is 5.97 Å². The van der Waals surface area contributed by atoms with E-state index in [1.54, 1.807) is 0 Å². The molecule has 0 aliphatic rings. The fourth-order valence-corrected chi connectivity index (χ4v) is 2.65. The standard InChI is InChI=1S/C11H18N2O5S/c1-3-5-13-8-9(7-10(13)11(14)15)19(16,17)12-4-6-18-2/h7-8,12H,3-6H2,1-2H3,(H,14,15). The molecule has 0 atom stereocenters. The Morgan fingerprint density at radius 1 is 1.53 bits per heavy atom. The van der Waals surface area contributed by atoms with Gasteiger partial charge in [-0.05, 0) is 12.5 Å². The van der Waals surface area contributed by atoms with E-state index in [4.69, 9.17) is 9.84 Å². The molecule has 0 saturated carbocycles. The van der Waals surface area contributed by atoms with Crippen molar-refractivity contribution in [3.05, 3.63) is 18.0 Å². The number of nitrogens with one attached hydrogen (secondary N) is 1. The van der Waals surface area contributed by atoms with Gasteiger partial charge in [-0.2, -0.15) is 0 Å². The Morgan fingerprint density at radius 2 is 2.21 bits per heavy atom. The van der Waals surface area contributed by atoms with Crippen LogP contribution in [-0.4, -0.2) is 44.3 Å². The van der Waals surface area contributed by atoms with Gasteiger partial charge in [-0.25, -0.2) is 17.9 Å². The van der Waals surface area contributed by atoms with Crippen molar-refractivity contribution in [2.45, 2.75) is 24.8 Å². The summed E-state index contributed by atoms with van der Waals surface area (Å²) in [5, 5.41) is 9.03. The topological polar surface area (TPSA) is 97.6 Å². The summed E-state index contributed by atoms with van der Waals surface area (Å²) in [5.74, 6) is -1.15. The van der Waals surface area contributed by atoms with Gasteiger partial charge in [0, 0.05) is 26.4 Å². The lowest BCUT2D eigenvalue weighted by Gasteiger charge is -2.04. The molecule has 8 heteroatoms. The second kappa shape index (κ2) is 6.69. The Morgan fingerprint density at radius 3 is 2.74 bits per heavy atom. The molecule has 1 aromatic rings. The number of nitrogens with zero attached hydrogens (tertiary/aromatic N) is 1. The number of methoxy groups -OCH3 is 1. The highest BCUT2D eigenvalue weighted by Crippen LogP contribution is 2.15. The predicted molar refractivity (Wildman–Crippen MR) is 68.7 cm³/mol. The maximum absolute atomic E-state index is 11.9. The minimum Gasteiger partial charge on any atom is -0.477 e. The first-order chi connectivity index (χ1) is 8.92. The number of aromatic carboxylic acids is 1. The second-order valence-corrected chi connectivity index (χ2v) is 5.72. The lowest BCUT2D eigenvalue weighted by Crippen LogP contribution is -2.26. The Balaban J connectivity index is 3.00. The first-order valence-electron chi connectivity index (χ1n) is 5.84. The van der Waals surface area contributed by atoms with E-state index < -0.39 is 16.0 Å². The van der Waals surface area contributed by atoms with Crippen LogP contribution < -0.4 is 4.72 Å². The number of aryl methyl sites for hydroxylation is 1. The number of hydrogen-bond acceptors (Lipinski definition) is 4. The quantitative estimate of drug-likeness (QED) is 0.680. The van der Waals surface area contributed by atoms with Gasteiger partial charge in [-0.1, -0.05) is 6.92 Å². The summed E-state index contributed by atoms with van der Waals surface area (Å²) in [6.45, 7) is 2.73. The van der Waals surface area contributed by atoms with Gasteiger partial charge in [-0.15, -0.1) is 0 Å². The zero-order valence-corrected chi connectivity index (χ0v) is 11.7. The van der Waals surface area contributed by atoms with Gasteiger partial charge in [0.05, 0.1) is 6.61 Å². The first kappa shape index (κ1) is 15.7. The molecule has 0 unspecified atom stereocenters. The maximum Gasteiger partial charge on any atom is 0.352 e. The van der Waals surface area contributed by atoms with Crippen molar-refractivity contribution in [1.82, 2.24) is 9.29 Å². The molecule has 0 bridgehead atoms. The Hall–Kier alpha value is -1.38. The van der Waals surface area contributed by atoms with Crippen LogP contribution in [0.5, 0.6) is 0 Å². The molecule has 0 saturated heterocycles. The van der Waals surface area contributed by atoms with E-state index in [0.29, 0.717) is 13.0 Å². The third-order valence-corrected chi connectivity index (χ3v) is 3.89. The molecule has 0 fully saturated rings. The molecule has 0 aliphatic heterocycles. The van der Waals surface area contributed by atoms with Gasteiger partial charge in [0.25, 0.3) is 0 Å². The van der Waals surface area contributed by atoms with Gasteiger partial charge < -0.3 is 14.4 Å². The monoisotopic (exact) mass is 290 g/mol. The van der Waals surface area contributed by atoms with Gasteiger partial charge in [-0.3, -0.25) is 0 Å². The summed E-state index contributed by atoms with van der Waals surface area (Å²) in [5.41, 5.74) is -0.0334. The van der Waals surface area contributed by atoms with Gasteiger partial charge in [0.15, 0.2) is 0 Å². The largest absolute Gasteiger partial charge is 0.477 e. The van der Waals surface area contributed by atoms with E-state index in [9.17, 15) is 13.2 Å². The maximum atomic E-state index is 11.9. The molecule has 19 heavy (non-hydrogen) atoms. The van der Waals surface area contributed by atoms with E-state index in [1.165, 1.54) is 17.9 Å². The Bertz CT molecular complexity index is 535. The second-order valence-electron chi connectivity index (χ2n) is 3.95. The number of rotatable bonds is 8. The van der Waals surface area contributed by atoms with Crippen LogP contribution in [0.1, 0.15) is 23.8 Å². The molecule has 0 aromatic carbocycles. The van der Waals surface area contributed by atoms with E-state index in [-0.39, 0.29) is 23.7 Å². The van der Waals surface area contributed by atoms with Crippen LogP contribution in [0.2, 0.25) is 0 Å². The fraction of sp³-hybridized carbons (Fsp3) is 0.545. The summed E-state index contributed by atoms with van der Waals surface area (Å²) in [6.07, 6.45) is 2.05. The third-order valence-electron chi connectivity index (χ3n) is 2.46. The lowest BCUT2D eigenvalue weighted by atomic mass is 10.4. The molecular weight excluding hydrogens is 272 g/mol. The van der Waals surface area contributed by atoms with Crippen molar-refractivity contribution in [2.24, 2.45) is 0 Å². The normalized spacial score (nSPS) is 11.7. The zero-order chi connectivity index (χ0) is 14.5. The van der Waals surface area contributed by atoms with Crippen LogP contribution in [0.15, 0.2) is 17.2 Å². The molecule has 0 radical (unpaired) electrons. The minimum absolute atomic E-state index is 0.0334. The fourth-order valence-electron chi connectivity index (χ4n) is 1.60. The Labute approximate surface area is 112 Å². The summed E-state index contributed by atoms with van der Waals surface area (Å²) in [4.78, 5) is 11.0. The van der Waals surface area contributed by atoms with Crippen molar-refractivity contribution in [2.75, 3.05) is 20.3 Å². The van der Waals surface area contributed by atoms with Crippen LogP contribution in [0, 0.1) is 0 Å². The smallest absolute Gasteiger partial charge is 0.352 e. The average Bonchev–Trinajstić information content (AvgIpc) is 2.74. The molecule has 0 amide bonds. The van der Waals surface area contributed by atoms with Crippen LogP contribution in [0.4, 0.5) is 0 Å². The SMILES string of the molecule is CCCn1cc(S(=O)(=O)NCCOC)cc1C(=O)O. The van der Waals surface area contributed by atoms with Crippen molar-refractivity contribution in [3.63, 3.8) is 0 Å². The highest BCUT2D eigenvalue weighted by molar-refractivity contribution is 7.89. The van der Waals surface area contributed by atoms with Crippen LogP contribution >= 0.6 is 0 Å². The zero-order valence-electron chi connectivity index (χ0n) is 10.9. The highest BCUT2D eigenvalue weighted by Gasteiger charge is 2.20. The van der Waals surface area contributed by atoms with E-state index >= 15 is 0 Å². The predicted octanol–water partition coefficient (Wildman–Crippen LogP) is 0.521. The minimum atomic E-state index is -3.70. The summed E-state index contributed by atoms with van der Waals surface area (Å²) >= 11 is 0. The number of carboxylic acids is 1. The molecule has 1 heterocycles. The van der Waals surface area contributed by atoms with Gasteiger partial charge in [0.2, 0.25) is 10.0 Å². The molecule has 1 aromatic heterocycles. The van der Waals surface area contributed by atoms with Crippen LogP contribution in [0.25, 0.3) is 0 Å². The number of carboxylic acid groups (broad SMARTS) is 1. The molecule has 2 N–H and O–H groups in total. The van der Waals surface area contributed by atoms with Crippen molar-refractivity contribution < 1.29 is 23.1 Å². The summed E-state index contributed by atoms with van der Waals surface area (Å²) < 4.78 is 32.4. The first-order valence-corrected chi connectivity index (χ1v) is 7.32. The summed E-state index contributed by atoms with van der Waals surface area (Å²) in [7, 11) is -2.23. The van der Waals surface area contributed by atoms with E-state index in [2.05, 4.69) is 4.72 Å². The number of carbonyl (C=O) groups is 1. The third kappa shape index (κ3) is 4.05. The van der Waals surface area contributed by atoms with E-state index in [1.807, 2.05) is 6.92 Å². The van der Waals surface area contributed by atoms with Gasteiger partial charge in [0.1, 0.15) is 10.6 Å². The highest BCUT2D eigenvalue weighted by atomic mass is 32.2. The number of ether oxygens (including phenoxy) is 1. The molecule has 7 nitrogen and oxygen atoms in total. The lowest BCUT2D eigenvalue weighted by molar-refractivity contribution is 0.0685. The molecule has 0 spiro atoms.